The molecule has 1 spiro atoms. The molecule has 2 heteroatoms. The van der Waals surface area contributed by atoms with Gasteiger partial charge in [-0.1, -0.05) is 13.8 Å². The number of ether oxygens (including phenoxy) is 1. The number of aliphatic hydroxyl groups is 1. The van der Waals surface area contributed by atoms with Gasteiger partial charge in [0.15, 0.2) is 0 Å². The minimum absolute atomic E-state index is 0.182. The quantitative estimate of drug-likeness (QED) is 0.801. The Morgan fingerprint density at radius 1 is 1.18 bits per heavy atom. The summed E-state index contributed by atoms with van der Waals surface area (Å²) in [6, 6.07) is 0. The van der Waals surface area contributed by atoms with Crippen LogP contribution < -0.4 is 0 Å². The van der Waals surface area contributed by atoms with E-state index >= 15 is 0 Å². The van der Waals surface area contributed by atoms with E-state index in [1.165, 1.54) is 19.3 Å². The normalized spacial score (nSPS) is 44.5. The Morgan fingerprint density at radius 3 is 2.41 bits per heavy atom. The van der Waals surface area contributed by atoms with Crippen molar-refractivity contribution in [2.45, 2.75) is 70.0 Å². The van der Waals surface area contributed by atoms with Gasteiger partial charge < -0.3 is 9.84 Å². The first kappa shape index (κ1) is 12.0. The van der Waals surface area contributed by atoms with Crippen LogP contribution in [0.4, 0.5) is 0 Å². The van der Waals surface area contributed by atoms with Crippen LogP contribution in [-0.2, 0) is 4.74 Å². The molecule has 3 rings (SSSR count). The van der Waals surface area contributed by atoms with Gasteiger partial charge in [-0.2, -0.15) is 0 Å². The van der Waals surface area contributed by atoms with Crippen molar-refractivity contribution in [3.8, 4) is 0 Å². The van der Waals surface area contributed by atoms with E-state index in [1.807, 2.05) is 0 Å². The van der Waals surface area contributed by atoms with Gasteiger partial charge in [-0.3, -0.25) is 0 Å². The second-order valence-corrected chi connectivity index (χ2v) is 7.09. The van der Waals surface area contributed by atoms with Crippen molar-refractivity contribution in [2.24, 2.45) is 17.8 Å². The molecule has 98 valence electrons. The largest absolute Gasteiger partial charge is 0.390 e. The summed E-state index contributed by atoms with van der Waals surface area (Å²) < 4.78 is 5.96. The van der Waals surface area contributed by atoms with E-state index in [1.54, 1.807) is 0 Å². The van der Waals surface area contributed by atoms with Gasteiger partial charge in [0.2, 0.25) is 0 Å². The lowest BCUT2D eigenvalue weighted by Crippen LogP contribution is -2.57. The second-order valence-electron chi connectivity index (χ2n) is 7.09. The van der Waals surface area contributed by atoms with Gasteiger partial charge in [0.25, 0.3) is 0 Å². The lowest BCUT2D eigenvalue weighted by Gasteiger charge is -2.56. The van der Waals surface area contributed by atoms with Crippen molar-refractivity contribution in [1.82, 2.24) is 0 Å². The van der Waals surface area contributed by atoms with Crippen LogP contribution >= 0.6 is 0 Å². The van der Waals surface area contributed by atoms with E-state index in [-0.39, 0.29) is 11.2 Å². The molecule has 2 aliphatic carbocycles. The van der Waals surface area contributed by atoms with Crippen LogP contribution in [0, 0.1) is 17.8 Å². The summed E-state index contributed by atoms with van der Waals surface area (Å²) in [5, 5.41) is 10.8. The molecule has 0 bridgehead atoms. The molecular formula is C15H26O2. The maximum absolute atomic E-state index is 10.8. The monoisotopic (exact) mass is 238 g/mol. The highest BCUT2D eigenvalue weighted by molar-refractivity contribution is 5.05. The second kappa shape index (κ2) is 3.96. The molecule has 1 aliphatic heterocycles. The summed E-state index contributed by atoms with van der Waals surface area (Å²) in [5.74, 6) is 1.99. The van der Waals surface area contributed by atoms with Crippen LogP contribution in [0.3, 0.4) is 0 Å². The Kier molecular flexibility index (Phi) is 2.79. The fraction of sp³-hybridized carbons (Fsp3) is 1.00. The molecule has 0 radical (unpaired) electrons. The predicted octanol–water partition coefficient (Wildman–Crippen LogP) is 3.13. The summed E-state index contributed by atoms with van der Waals surface area (Å²) in [6.07, 6.45) is 8.04. The molecule has 2 saturated carbocycles. The fourth-order valence-electron chi connectivity index (χ4n) is 4.06. The first-order valence-corrected chi connectivity index (χ1v) is 7.39. The summed E-state index contributed by atoms with van der Waals surface area (Å²) in [5.41, 5.74) is -0.164. The van der Waals surface area contributed by atoms with E-state index < -0.39 is 0 Å². The van der Waals surface area contributed by atoms with Crippen LogP contribution in [0.2, 0.25) is 0 Å². The minimum atomic E-state index is -0.346. The highest BCUT2D eigenvalue weighted by Gasteiger charge is 2.53. The van der Waals surface area contributed by atoms with Gasteiger partial charge in [0.1, 0.15) is 0 Å². The van der Waals surface area contributed by atoms with Gasteiger partial charge >= 0.3 is 0 Å². The SMILES string of the molecule is CC(C)C1CC(O)(C2CCOC3(CCC3)C2)C1. The number of hydrogen-bond acceptors (Lipinski definition) is 2. The smallest absolute Gasteiger partial charge is 0.0686 e. The molecule has 0 aromatic rings. The van der Waals surface area contributed by atoms with Crippen LogP contribution in [0.25, 0.3) is 0 Å². The molecule has 1 heterocycles. The van der Waals surface area contributed by atoms with Gasteiger partial charge in [-0.25, -0.2) is 0 Å². The van der Waals surface area contributed by atoms with Crippen LogP contribution in [0.15, 0.2) is 0 Å². The van der Waals surface area contributed by atoms with Crippen LogP contribution in [-0.4, -0.2) is 22.9 Å². The van der Waals surface area contributed by atoms with Gasteiger partial charge in [-0.15, -0.1) is 0 Å². The van der Waals surface area contributed by atoms with E-state index in [0.29, 0.717) is 5.92 Å². The molecule has 0 aromatic carbocycles. The Hall–Kier alpha value is -0.0800. The summed E-state index contributed by atoms with van der Waals surface area (Å²) >= 11 is 0. The maximum atomic E-state index is 10.8. The van der Waals surface area contributed by atoms with Crippen molar-refractivity contribution in [1.29, 1.82) is 0 Å². The van der Waals surface area contributed by atoms with Crippen LogP contribution in [0.1, 0.15) is 58.8 Å². The number of hydrogen-bond donors (Lipinski definition) is 1. The number of rotatable bonds is 2. The molecule has 17 heavy (non-hydrogen) atoms. The van der Waals surface area contributed by atoms with Gasteiger partial charge in [0, 0.05) is 6.61 Å². The minimum Gasteiger partial charge on any atom is -0.390 e. The zero-order chi connectivity index (χ0) is 12.1. The van der Waals surface area contributed by atoms with Crippen molar-refractivity contribution < 1.29 is 9.84 Å². The lowest BCUT2D eigenvalue weighted by molar-refractivity contribution is -0.204. The predicted molar refractivity (Wildman–Crippen MR) is 67.8 cm³/mol. The average Bonchev–Trinajstić information content (AvgIpc) is 2.22. The van der Waals surface area contributed by atoms with E-state index in [0.717, 1.165) is 44.1 Å². The molecule has 1 N–H and O–H groups in total. The zero-order valence-electron chi connectivity index (χ0n) is 11.2. The molecule has 1 unspecified atom stereocenters. The fourth-order valence-corrected chi connectivity index (χ4v) is 4.06. The van der Waals surface area contributed by atoms with Crippen molar-refractivity contribution in [3.05, 3.63) is 0 Å². The zero-order valence-corrected chi connectivity index (χ0v) is 11.2. The van der Waals surface area contributed by atoms with E-state index in [9.17, 15) is 5.11 Å². The molecule has 3 fully saturated rings. The Balaban J connectivity index is 1.61. The molecule has 0 aromatic heterocycles. The Bertz CT molecular complexity index is 287. The standard InChI is InChI=1S/C15H26O2/c1-11(2)12-8-15(16,9-12)13-4-7-17-14(10-13)5-3-6-14/h11-13,16H,3-10H2,1-2H3. The Labute approximate surface area is 105 Å². The van der Waals surface area contributed by atoms with Gasteiger partial charge in [0.05, 0.1) is 11.2 Å². The highest BCUT2D eigenvalue weighted by atomic mass is 16.5. The van der Waals surface area contributed by atoms with Crippen molar-refractivity contribution in [3.63, 3.8) is 0 Å². The summed E-state index contributed by atoms with van der Waals surface area (Å²) in [6.45, 7) is 5.43. The molecule has 2 nitrogen and oxygen atoms in total. The van der Waals surface area contributed by atoms with Gasteiger partial charge in [-0.05, 0) is 62.7 Å². The first-order valence-electron chi connectivity index (χ1n) is 7.39. The molecule has 3 aliphatic rings. The Morgan fingerprint density at radius 2 is 1.88 bits per heavy atom. The summed E-state index contributed by atoms with van der Waals surface area (Å²) in [4.78, 5) is 0. The third-order valence-electron chi connectivity index (χ3n) is 5.69. The first-order chi connectivity index (χ1) is 8.03. The van der Waals surface area contributed by atoms with Crippen LogP contribution in [0.5, 0.6) is 0 Å². The topological polar surface area (TPSA) is 29.5 Å². The van der Waals surface area contributed by atoms with Crippen molar-refractivity contribution in [2.75, 3.05) is 6.61 Å². The maximum Gasteiger partial charge on any atom is 0.0686 e. The highest BCUT2D eigenvalue weighted by Crippen LogP contribution is 2.54. The molecule has 1 saturated heterocycles. The molecule has 0 amide bonds. The lowest BCUT2D eigenvalue weighted by atomic mass is 9.57. The third-order valence-corrected chi connectivity index (χ3v) is 5.69. The summed E-state index contributed by atoms with van der Waals surface area (Å²) in [7, 11) is 0. The third kappa shape index (κ3) is 1.94. The van der Waals surface area contributed by atoms with E-state index in [2.05, 4.69) is 13.8 Å². The molecule has 1 atom stereocenters. The average molecular weight is 238 g/mol. The molecular weight excluding hydrogens is 212 g/mol. The van der Waals surface area contributed by atoms with E-state index in [4.69, 9.17) is 4.74 Å². The van der Waals surface area contributed by atoms with Crippen molar-refractivity contribution >= 4 is 0 Å².